The molecule has 0 radical (unpaired) electrons. The normalized spacial score (nSPS) is 18.6. The summed E-state index contributed by atoms with van der Waals surface area (Å²) in [7, 11) is 2.97. The highest BCUT2D eigenvalue weighted by Crippen LogP contribution is 2.46. The number of aliphatic hydroxyl groups excluding tert-OH is 1. The number of carbonyl (C=O) groups excluding carboxylic acids is 2. The molecule has 0 bridgehead atoms. The molecule has 1 fully saturated rings. The van der Waals surface area contributed by atoms with Crippen LogP contribution in [0.15, 0.2) is 59.5 Å². The third kappa shape index (κ3) is 3.37. The monoisotopic (exact) mass is 465 g/mol. The Kier molecular flexibility index (Phi) is 5.18. The van der Waals surface area contributed by atoms with Crippen LogP contribution in [0.3, 0.4) is 0 Å². The van der Waals surface area contributed by atoms with Gasteiger partial charge >= 0.3 is 0 Å². The van der Waals surface area contributed by atoms with Crippen LogP contribution < -0.4 is 23.8 Å². The van der Waals surface area contributed by atoms with Gasteiger partial charge in [0.15, 0.2) is 11.5 Å². The Morgan fingerprint density at radius 3 is 2.61 bits per heavy atom. The van der Waals surface area contributed by atoms with Crippen molar-refractivity contribution in [2.75, 3.05) is 25.9 Å². The van der Waals surface area contributed by atoms with Gasteiger partial charge in [-0.15, -0.1) is 11.3 Å². The summed E-state index contributed by atoms with van der Waals surface area (Å²) < 4.78 is 21.4. The molecule has 1 saturated heterocycles. The minimum absolute atomic E-state index is 0.0245. The van der Waals surface area contributed by atoms with Crippen molar-refractivity contribution in [2.24, 2.45) is 0 Å². The van der Waals surface area contributed by atoms with E-state index in [9.17, 15) is 14.7 Å². The maximum absolute atomic E-state index is 13.2. The summed E-state index contributed by atoms with van der Waals surface area (Å²) >= 11 is 1.38. The third-order valence-corrected chi connectivity index (χ3v) is 6.48. The maximum Gasteiger partial charge on any atom is 0.300 e. The number of methoxy groups -OCH3 is 2. The number of carbonyl (C=O) groups is 2. The Morgan fingerprint density at radius 1 is 1.06 bits per heavy atom. The van der Waals surface area contributed by atoms with Crippen LogP contribution in [0.5, 0.6) is 23.0 Å². The zero-order valence-corrected chi connectivity index (χ0v) is 18.5. The molecule has 2 aliphatic rings. The number of rotatable bonds is 5. The maximum atomic E-state index is 13.2. The first kappa shape index (κ1) is 20.9. The van der Waals surface area contributed by atoms with E-state index in [0.717, 1.165) is 4.88 Å². The summed E-state index contributed by atoms with van der Waals surface area (Å²) in [5.41, 5.74) is 0.715. The van der Waals surface area contributed by atoms with Crippen LogP contribution >= 0.6 is 11.3 Å². The fourth-order valence-electron chi connectivity index (χ4n) is 3.99. The van der Waals surface area contributed by atoms with Crippen LogP contribution in [0.4, 0.5) is 5.69 Å². The summed E-state index contributed by atoms with van der Waals surface area (Å²) in [5, 5.41) is 13.1. The fraction of sp³-hybridized carbons (Fsp3) is 0.167. The fourth-order valence-corrected chi connectivity index (χ4v) is 4.81. The molecule has 0 saturated carbocycles. The van der Waals surface area contributed by atoms with Crippen LogP contribution in [-0.2, 0) is 9.59 Å². The minimum Gasteiger partial charge on any atom is -0.507 e. The first-order chi connectivity index (χ1) is 16.0. The molecule has 8 nitrogen and oxygen atoms in total. The highest BCUT2D eigenvalue weighted by molar-refractivity contribution is 7.10. The lowest BCUT2D eigenvalue weighted by Gasteiger charge is -2.24. The number of benzene rings is 2. The van der Waals surface area contributed by atoms with E-state index in [1.165, 1.54) is 30.5 Å². The summed E-state index contributed by atoms with van der Waals surface area (Å²) in [4.78, 5) is 28.6. The van der Waals surface area contributed by atoms with Crippen molar-refractivity contribution < 1.29 is 33.6 Å². The second-order valence-corrected chi connectivity index (χ2v) is 8.27. The van der Waals surface area contributed by atoms with E-state index in [0.29, 0.717) is 28.7 Å². The molecule has 1 N–H and O–H groups in total. The van der Waals surface area contributed by atoms with Gasteiger partial charge in [0.05, 0.1) is 25.4 Å². The van der Waals surface area contributed by atoms with Crippen molar-refractivity contribution in [3.8, 4) is 23.0 Å². The summed E-state index contributed by atoms with van der Waals surface area (Å²) in [6.07, 6.45) is 0. The molecule has 2 aromatic carbocycles. The second-order valence-electron chi connectivity index (χ2n) is 7.29. The lowest BCUT2D eigenvalue weighted by atomic mass is 9.99. The van der Waals surface area contributed by atoms with Crippen LogP contribution in [0.25, 0.3) is 5.76 Å². The van der Waals surface area contributed by atoms with E-state index in [2.05, 4.69) is 0 Å². The van der Waals surface area contributed by atoms with E-state index < -0.39 is 17.7 Å². The Balaban J connectivity index is 1.69. The molecule has 1 aromatic heterocycles. The number of hydrogen-bond donors (Lipinski definition) is 1. The smallest absolute Gasteiger partial charge is 0.300 e. The SMILES string of the molecule is COc1ccc(/C(O)=C2/C(=O)C(=O)N(c3ccc4c(c3)OCO4)C2c2cccs2)c(OC)c1. The molecular weight excluding hydrogens is 446 g/mol. The zero-order chi connectivity index (χ0) is 23.1. The molecule has 5 rings (SSSR count). The Labute approximate surface area is 193 Å². The van der Waals surface area contributed by atoms with Crippen molar-refractivity contribution in [1.82, 2.24) is 0 Å². The van der Waals surface area contributed by atoms with E-state index in [1.807, 2.05) is 17.5 Å². The molecule has 0 spiro atoms. The summed E-state index contributed by atoms with van der Waals surface area (Å²) in [6.45, 7) is 0.0865. The summed E-state index contributed by atoms with van der Waals surface area (Å²) in [6, 6.07) is 12.7. The Hall–Kier alpha value is -3.98. The van der Waals surface area contributed by atoms with Gasteiger partial charge in [-0.05, 0) is 35.7 Å². The largest absolute Gasteiger partial charge is 0.507 e. The number of ether oxygens (including phenoxy) is 4. The van der Waals surface area contributed by atoms with Crippen LogP contribution in [0.2, 0.25) is 0 Å². The average molecular weight is 465 g/mol. The van der Waals surface area contributed by atoms with Crippen LogP contribution in [0, 0.1) is 0 Å². The third-order valence-electron chi connectivity index (χ3n) is 5.56. The standard InChI is InChI=1S/C24H19NO7S/c1-29-14-6-7-15(17(11-14)30-2)22(26)20-21(19-4-3-9-33-19)25(24(28)23(20)27)13-5-8-16-18(10-13)32-12-31-16/h3-11,21,26H,12H2,1-2H3/b22-20-. The molecule has 168 valence electrons. The van der Waals surface area contributed by atoms with E-state index >= 15 is 0 Å². The number of hydrogen-bond acceptors (Lipinski definition) is 8. The lowest BCUT2D eigenvalue weighted by molar-refractivity contribution is -0.132. The molecule has 0 aliphatic carbocycles. The Morgan fingerprint density at radius 2 is 1.88 bits per heavy atom. The molecule has 9 heteroatoms. The number of thiophene rings is 1. The number of anilines is 1. The first-order valence-electron chi connectivity index (χ1n) is 10.00. The van der Waals surface area contributed by atoms with Gasteiger partial charge in [0.2, 0.25) is 6.79 Å². The molecule has 2 aliphatic heterocycles. The van der Waals surface area contributed by atoms with Crippen LogP contribution in [0.1, 0.15) is 16.5 Å². The quantitative estimate of drug-likeness (QED) is 0.344. The van der Waals surface area contributed by atoms with Gasteiger partial charge in [0, 0.05) is 22.7 Å². The number of Topliss-reactive ketones (excluding diaryl/α,β-unsaturated/α-hetero) is 1. The molecule has 1 atom stereocenters. The lowest BCUT2D eigenvalue weighted by Crippen LogP contribution is -2.29. The van der Waals surface area contributed by atoms with E-state index in [4.69, 9.17) is 18.9 Å². The second kappa shape index (κ2) is 8.18. The molecule has 1 unspecified atom stereocenters. The zero-order valence-electron chi connectivity index (χ0n) is 17.7. The van der Waals surface area contributed by atoms with Crippen molar-refractivity contribution in [3.05, 3.63) is 69.9 Å². The van der Waals surface area contributed by atoms with Crippen molar-refractivity contribution in [1.29, 1.82) is 0 Å². The summed E-state index contributed by atoms with van der Waals surface area (Å²) in [5.74, 6) is 0.0180. The number of nitrogens with zero attached hydrogens (tertiary/aromatic N) is 1. The highest BCUT2D eigenvalue weighted by Gasteiger charge is 2.48. The predicted molar refractivity (Wildman–Crippen MR) is 121 cm³/mol. The van der Waals surface area contributed by atoms with E-state index in [-0.39, 0.29) is 23.7 Å². The Bertz CT molecular complexity index is 1280. The average Bonchev–Trinajstić information content (AvgIpc) is 3.58. The van der Waals surface area contributed by atoms with Gasteiger partial charge in [-0.25, -0.2) is 0 Å². The van der Waals surface area contributed by atoms with E-state index in [1.54, 1.807) is 36.4 Å². The number of ketones is 1. The molecule has 3 aromatic rings. The first-order valence-corrected chi connectivity index (χ1v) is 10.9. The molecule has 33 heavy (non-hydrogen) atoms. The number of aliphatic hydroxyl groups is 1. The molecular formula is C24H19NO7S. The molecule has 1 amide bonds. The van der Waals surface area contributed by atoms with Crippen molar-refractivity contribution in [3.63, 3.8) is 0 Å². The van der Waals surface area contributed by atoms with Crippen molar-refractivity contribution in [2.45, 2.75) is 6.04 Å². The van der Waals surface area contributed by atoms with Gasteiger partial charge in [-0.2, -0.15) is 0 Å². The number of amides is 1. The van der Waals surface area contributed by atoms with Gasteiger partial charge in [-0.3, -0.25) is 14.5 Å². The van der Waals surface area contributed by atoms with Gasteiger partial charge < -0.3 is 24.1 Å². The topological polar surface area (TPSA) is 94.5 Å². The number of fused-ring (bicyclic) bond motifs is 1. The minimum atomic E-state index is -0.822. The predicted octanol–water partition coefficient (Wildman–Crippen LogP) is 4.12. The van der Waals surface area contributed by atoms with Gasteiger partial charge in [0.25, 0.3) is 11.7 Å². The van der Waals surface area contributed by atoms with Crippen molar-refractivity contribution >= 4 is 34.5 Å². The molecule has 3 heterocycles. The highest BCUT2D eigenvalue weighted by atomic mass is 32.1. The van der Waals surface area contributed by atoms with Gasteiger partial charge in [-0.1, -0.05) is 6.07 Å². The van der Waals surface area contributed by atoms with Crippen LogP contribution in [-0.4, -0.2) is 37.8 Å². The van der Waals surface area contributed by atoms with Gasteiger partial charge in [0.1, 0.15) is 23.3 Å².